The third kappa shape index (κ3) is 13.7. The first kappa shape index (κ1) is 18.9. The van der Waals surface area contributed by atoms with Gasteiger partial charge in [0, 0.05) is 0 Å². The fourth-order valence-corrected chi connectivity index (χ4v) is 0.598. The highest BCUT2D eigenvalue weighted by atomic mass is 16.6. The molecule has 0 aromatic carbocycles. The maximum Gasteiger partial charge on any atom is 0.332 e. The fraction of sp³-hybridized carbons (Fsp3) is 0.727. The zero-order chi connectivity index (χ0) is 9.23. The molecule has 0 radical (unpaired) electrons. The average molecular weight is 204 g/mol. The number of hydrogen-bond donors (Lipinski definition) is 0. The van der Waals surface area contributed by atoms with E-state index < -0.39 is 0 Å². The molecule has 0 N–H and O–H groups in total. The van der Waals surface area contributed by atoms with Gasteiger partial charge in [-0.2, -0.15) is 0 Å². The maximum absolute atomic E-state index is 10.8. The fourth-order valence-electron chi connectivity index (χ4n) is 0.598. The van der Waals surface area contributed by atoms with E-state index in [1.54, 1.807) is 6.08 Å². The number of ether oxygens (including phenoxy) is 2. The van der Waals surface area contributed by atoms with Crippen LogP contribution in [-0.4, -0.2) is 25.8 Å². The van der Waals surface area contributed by atoms with E-state index in [2.05, 4.69) is 6.58 Å². The molecule has 3 heteroatoms. The zero-order valence-corrected chi connectivity index (χ0v) is 7.54. The first-order chi connectivity index (χ1) is 5.81. The van der Waals surface area contributed by atoms with Crippen molar-refractivity contribution in [1.82, 2.24) is 0 Å². The van der Waals surface area contributed by atoms with Crippen molar-refractivity contribution in [2.75, 3.05) is 19.8 Å². The van der Waals surface area contributed by atoms with Crippen LogP contribution in [0.25, 0.3) is 0 Å². The second kappa shape index (κ2) is 14.7. The van der Waals surface area contributed by atoms with Gasteiger partial charge in [-0.15, -0.1) is 6.58 Å². The van der Waals surface area contributed by atoms with E-state index >= 15 is 0 Å². The van der Waals surface area contributed by atoms with Crippen LogP contribution in [0.5, 0.6) is 0 Å². The quantitative estimate of drug-likeness (QED) is 0.363. The van der Waals surface area contributed by atoms with Crippen LogP contribution in [0.4, 0.5) is 0 Å². The SMILES string of the molecule is C.C.C=CCOCC(=O)OCCCC. The normalized spacial score (nSPS) is 8.07. The lowest BCUT2D eigenvalue weighted by molar-refractivity contribution is -0.148. The molecule has 0 saturated heterocycles. The Balaban J connectivity index is -0.000000605. The van der Waals surface area contributed by atoms with Gasteiger partial charge in [0.05, 0.1) is 13.2 Å². The van der Waals surface area contributed by atoms with E-state index in [1.165, 1.54) is 0 Å². The van der Waals surface area contributed by atoms with Crippen LogP contribution < -0.4 is 0 Å². The summed E-state index contributed by atoms with van der Waals surface area (Å²) in [5, 5.41) is 0. The van der Waals surface area contributed by atoms with Crippen LogP contribution in [0.2, 0.25) is 0 Å². The van der Waals surface area contributed by atoms with E-state index in [4.69, 9.17) is 9.47 Å². The molecule has 14 heavy (non-hydrogen) atoms. The summed E-state index contributed by atoms with van der Waals surface area (Å²) in [5.41, 5.74) is 0. The van der Waals surface area contributed by atoms with Crippen LogP contribution in [0, 0.1) is 0 Å². The molecule has 0 amide bonds. The standard InChI is InChI=1S/C9H16O3.2CH4/c1-3-5-7-12-9(10)8-11-6-4-2;;/h4H,2-3,5-8H2,1H3;2*1H4. The van der Waals surface area contributed by atoms with Crippen molar-refractivity contribution in [1.29, 1.82) is 0 Å². The Bertz CT molecular complexity index is 132. The van der Waals surface area contributed by atoms with Crippen molar-refractivity contribution < 1.29 is 14.3 Å². The first-order valence-corrected chi connectivity index (χ1v) is 4.15. The lowest BCUT2D eigenvalue weighted by Gasteiger charge is -2.02. The zero-order valence-electron chi connectivity index (χ0n) is 7.54. The summed E-state index contributed by atoms with van der Waals surface area (Å²) in [4.78, 5) is 10.8. The molecule has 0 bridgehead atoms. The van der Waals surface area contributed by atoms with Gasteiger partial charge >= 0.3 is 5.97 Å². The van der Waals surface area contributed by atoms with Crippen molar-refractivity contribution in [3.8, 4) is 0 Å². The predicted octanol–water partition coefficient (Wildman–Crippen LogP) is 2.80. The van der Waals surface area contributed by atoms with Gasteiger partial charge in [0.1, 0.15) is 6.61 Å². The third-order valence-corrected chi connectivity index (χ3v) is 1.22. The number of carbonyl (C=O) groups excluding carboxylic acids is 1. The second-order valence-corrected chi connectivity index (χ2v) is 2.38. The number of rotatable bonds is 7. The Morgan fingerprint density at radius 3 is 2.57 bits per heavy atom. The van der Waals surface area contributed by atoms with E-state index in [0.717, 1.165) is 12.8 Å². The van der Waals surface area contributed by atoms with Crippen molar-refractivity contribution in [3.63, 3.8) is 0 Å². The smallest absolute Gasteiger partial charge is 0.332 e. The molecule has 0 rings (SSSR count). The maximum atomic E-state index is 10.8. The molecule has 0 aliphatic rings. The van der Waals surface area contributed by atoms with Gasteiger partial charge in [-0.1, -0.05) is 34.3 Å². The Morgan fingerprint density at radius 1 is 1.43 bits per heavy atom. The topological polar surface area (TPSA) is 35.5 Å². The van der Waals surface area contributed by atoms with Gasteiger partial charge in [-0.25, -0.2) is 4.79 Å². The van der Waals surface area contributed by atoms with E-state index in [9.17, 15) is 4.79 Å². The summed E-state index contributed by atoms with van der Waals surface area (Å²) < 4.78 is 9.71. The summed E-state index contributed by atoms with van der Waals surface area (Å²) >= 11 is 0. The minimum atomic E-state index is -0.301. The van der Waals surface area contributed by atoms with Crippen LogP contribution in [0.15, 0.2) is 12.7 Å². The van der Waals surface area contributed by atoms with E-state index in [-0.39, 0.29) is 27.4 Å². The van der Waals surface area contributed by atoms with Crippen LogP contribution in [-0.2, 0) is 14.3 Å². The van der Waals surface area contributed by atoms with Crippen molar-refractivity contribution >= 4 is 5.97 Å². The molecule has 0 fully saturated rings. The Labute approximate surface area is 88.1 Å². The summed E-state index contributed by atoms with van der Waals surface area (Å²) in [5.74, 6) is -0.301. The molecule has 0 heterocycles. The Hall–Kier alpha value is -0.830. The summed E-state index contributed by atoms with van der Waals surface area (Å²) in [6.07, 6.45) is 3.54. The highest BCUT2D eigenvalue weighted by Crippen LogP contribution is 1.89. The lowest BCUT2D eigenvalue weighted by atomic mass is 10.4. The van der Waals surface area contributed by atoms with Crippen LogP contribution >= 0.6 is 0 Å². The molecular weight excluding hydrogens is 180 g/mol. The molecule has 0 aromatic rings. The van der Waals surface area contributed by atoms with Crippen molar-refractivity contribution in [2.45, 2.75) is 34.6 Å². The number of hydrogen-bond acceptors (Lipinski definition) is 3. The lowest BCUT2D eigenvalue weighted by Crippen LogP contribution is -2.13. The van der Waals surface area contributed by atoms with Gasteiger partial charge in [-0.3, -0.25) is 0 Å². The van der Waals surface area contributed by atoms with Crippen LogP contribution in [0.3, 0.4) is 0 Å². The van der Waals surface area contributed by atoms with E-state index in [1.807, 2.05) is 6.92 Å². The van der Waals surface area contributed by atoms with Gasteiger partial charge in [0.15, 0.2) is 0 Å². The highest BCUT2D eigenvalue weighted by molar-refractivity contribution is 5.70. The summed E-state index contributed by atoms with van der Waals surface area (Å²) in [6.45, 7) is 6.41. The highest BCUT2D eigenvalue weighted by Gasteiger charge is 2.00. The number of esters is 1. The van der Waals surface area contributed by atoms with Gasteiger partial charge in [0.25, 0.3) is 0 Å². The van der Waals surface area contributed by atoms with Crippen molar-refractivity contribution in [3.05, 3.63) is 12.7 Å². The first-order valence-electron chi connectivity index (χ1n) is 4.15. The van der Waals surface area contributed by atoms with Crippen molar-refractivity contribution in [2.24, 2.45) is 0 Å². The van der Waals surface area contributed by atoms with Gasteiger partial charge in [-0.05, 0) is 6.42 Å². The molecular formula is C11H24O3. The molecule has 0 spiro atoms. The molecule has 86 valence electrons. The summed E-state index contributed by atoms with van der Waals surface area (Å²) in [7, 11) is 0. The predicted molar refractivity (Wildman–Crippen MR) is 60.3 cm³/mol. The Morgan fingerprint density at radius 2 is 2.07 bits per heavy atom. The summed E-state index contributed by atoms with van der Waals surface area (Å²) in [6, 6.07) is 0. The minimum Gasteiger partial charge on any atom is -0.464 e. The molecule has 3 nitrogen and oxygen atoms in total. The monoisotopic (exact) mass is 204 g/mol. The number of carbonyl (C=O) groups is 1. The molecule has 0 saturated carbocycles. The number of unbranched alkanes of at least 4 members (excludes halogenated alkanes) is 1. The Kier molecular flexibility index (Phi) is 19.8. The largest absolute Gasteiger partial charge is 0.464 e. The molecule has 0 aromatic heterocycles. The average Bonchev–Trinajstić information content (AvgIpc) is 2.06. The third-order valence-electron chi connectivity index (χ3n) is 1.22. The van der Waals surface area contributed by atoms with Crippen LogP contribution in [0.1, 0.15) is 34.6 Å². The van der Waals surface area contributed by atoms with Gasteiger partial charge < -0.3 is 9.47 Å². The molecule has 0 unspecified atom stereocenters. The molecule has 0 atom stereocenters. The molecule has 0 aliphatic carbocycles. The second-order valence-electron chi connectivity index (χ2n) is 2.38. The van der Waals surface area contributed by atoms with E-state index in [0.29, 0.717) is 13.2 Å². The molecule has 0 aliphatic heterocycles. The minimum absolute atomic E-state index is 0. The van der Waals surface area contributed by atoms with Gasteiger partial charge in [0.2, 0.25) is 0 Å².